The molecule has 0 aromatic heterocycles. The maximum atomic E-state index is 13.5. The fourth-order valence-corrected chi connectivity index (χ4v) is 5.36. The molecule has 0 bridgehead atoms. The second kappa shape index (κ2) is 10.1. The highest BCUT2D eigenvalue weighted by Crippen LogP contribution is 2.40. The van der Waals surface area contributed by atoms with E-state index in [0.717, 1.165) is 22.6 Å². The summed E-state index contributed by atoms with van der Waals surface area (Å²) in [6.07, 6.45) is -0.0196. The number of anilines is 1. The van der Waals surface area contributed by atoms with Crippen molar-refractivity contribution in [2.45, 2.75) is 18.3 Å². The molecule has 3 amide bonds. The van der Waals surface area contributed by atoms with Crippen LogP contribution >= 0.6 is 0 Å². The molecule has 1 atom stereocenters. The van der Waals surface area contributed by atoms with Gasteiger partial charge in [-0.25, -0.2) is 0 Å². The number of carbonyl (C=O) groups is 3. The number of nitrogens with zero attached hydrogens (tertiary/aromatic N) is 3. The maximum Gasteiger partial charge on any atom is 0.240 e. The number of hydrogen-bond donors (Lipinski definition) is 0. The number of piperazine rings is 1. The van der Waals surface area contributed by atoms with Crippen LogP contribution < -0.4 is 9.64 Å². The Morgan fingerprint density at radius 1 is 0.865 bits per heavy atom. The lowest BCUT2D eigenvalue weighted by Crippen LogP contribution is -2.51. The zero-order valence-corrected chi connectivity index (χ0v) is 21.2. The first-order chi connectivity index (χ1) is 17.9. The molecule has 0 N–H and O–H groups in total. The number of carbonyl (C=O) groups excluding carboxylic acids is 3. The fraction of sp³-hybridized carbons (Fsp3) is 0.300. The highest BCUT2D eigenvalue weighted by Gasteiger charge is 2.53. The second-order valence-electron chi connectivity index (χ2n) is 9.71. The molecule has 0 radical (unpaired) electrons. The molecule has 37 heavy (non-hydrogen) atoms. The summed E-state index contributed by atoms with van der Waals surface area (Å²) < 4.78 is 5.34. The van der Waals surface area contributed by atoms with Crippen LogP contribution in [0, 0.1) is 0 Å². The Hall–Kier alpha value is -4.13. The number of benzene rings is 3. The van der Waals surface area contributed by atoms with Gasteiger partial charge in [-0.2, -0.15) is 0 Å². The van der Waals surface area contributed by atoms with Gasteiger partial charge in [0.15, 0.2) is 0 Å². The number of methoxy groups -OCH3 is 1. The molecule has 7 nitrogen and oxygen atoms in total. The SMILES string of the molecule is COc1cccc(N2CCN(C(=O)C[C@@]3(c4ccc(-c5ccccc5)cc4)CC(=O)N(C)C3=O)CC2)c1. The van der Waals surface area contributed by atoms with Gasteiger partial charge in [0.2, 0.25) is 17.7 Å². The molecule has 2 aliphatic heterocycles. The Labute approximate surface area is 217 Å². The van der Waals surface area contributed by atoms with E-state index in [4.69, 9.17) is 4.74 Å². The van der Waals surface area contributed by atoms with Gasteiger partial charge in [0.1, 0.15) is 5.75 Å². The van der Waals surface area contributed by atoms with E-state index in [2.05, 4.69) is 4.90 Å². The summed E-state index contributed by atoms with van der Waals surface area (Å²) >= 11 is 0. The van der Waals surface area contributed by atoms with Crippen LogP contribution in [0.25, 0.3) is 11.1 Å². The molecule has 0 aliphatic carbocycles. The summed E-state index contributed by atoms with van der Waals surface area (Å²) in [4.78, 5) is 44.8. The van der Waals surface area contributed by atoms with Gasteiger partial charge in [0.05, 0.1) is 12.5 Å². The van der Waals surface area contributed by atoms with E-state index in [-0.39, 0.29) is 30.6 Å². The van der Waals surface area contributed by atoms with Crippen molar-refractivity contribution in [1.82, 2.24) is 9.80 Å². The second-order valence-corrected chi connectivity index (χ2v) is 9.71. The van der Waals surface area contributed by atoms with Crippen molar-refractivity contribution in [3.8, 4) is 16.9 Å². The number of amides is 3. The Morgan fingerprint density at radius 2 is 1.54 bits per heavy atom. The minimum absolute atomic E-state index is 0.00251. The summed E-state index contributed by atoms with van der Waals surface area (Å²) in [7, 11) is 3.15. The summed E-state index contributed by atoms with van der Waals surface area (Å²) in [5.74, 6) is 0.125. The molecule has 5 rings (SSSR count). The molecule has 0 spiro atoms. The van der Waals surface area contributed by atoms with Crippen molar-refractivity contribution in [2.75, 3.05) is 45.2 Å². The first-order valence-corrected chi connectivity index (χ1v) is 12.5. The minimum atomic E-state index is -1.18. The molecule has 3 aromatic rings. The third-order valence-electron chi connectivity index (χ3n) is 7.59. The Bertz CT molecular complexity index is 1300. The number of hydrogen-bond acceptors (Lipinski definition) is 5. The monoisotopic (exact) mass is 497 g/mol. The average Bonchev–Trinajstić information content (AvgIpc) is 3.17. The van der Waals surface area contributed by atoms with Crippen LogP contribution in [0.2, 0.25) is 0 Å². The molecular weight excluding hydrogens is 466 g/mol. The fourth-order valence-electron chi connectivity index (χ4n) is 5.36. The van der Waals surface area contributed by atoms with E-state index in [1.165, 1.54) is 11.9 Å². The van der Waals surface area contributed by atoms with E-state index in [9.17, 15) is 14.4 Å². The van der Waals surface area contributed by atoms with Gasteiger partial charge >= 0.3 is 0 Å². The van der Waals surface area contributed by atoms with Gasteiger partial charge in [0, 0.05) is 57.8 Å². The van der Waals surface area contributed by atoms with Crippen LogP contribution in [0.1, 0.15) is 18.4 Å². The Kier molecular flexibility index (Phi) is 6.70. The molecule has 2 fully saturated rings. The number of likely N-dealkylation sites (tertiary alicyclic amines) is 1. The first kappa shape index (κ1) is 24.6. The van der Waals surface area contributed by atoms with Crippen molar-refractivity contribution in [3.63, 3.8) is 0 Å². The topological polar surface area (TPSA) is 70.2 Å². The molecule has 190 valence electrons. The van der Waals surface area contributed by atoms with E-state index in [0.29, 0.717) is 31.7 Å². The number of ether oxygens (including phenoxy) is 1. The van der Waals surface area contributed by atoms with Crippen molar-refractivity contribution in [2.24, 2.45) is 0 Å². The minimum Gasteiger partial charge on any atom is -0.497 e. The highest BCUT2D eigenvalue weighted by molar-refractivity contribution is 6.10. The maximum absolute atomic E-state index is 13.5. The van der Waals surface area contributed by atoms with Crippen molar-refractivity contribution < 1.29 is 19.1 Å². The van der Waals surface area contributed by atoms with Crippen LogP contribution in [0.15, 0.2) is 78.9 Å². The molecule has 2 heterocycles. The lowest BCUT2D eigenvalue weighted by Gasteiger charge is -2.37. The number of rotatable bonds is 6. The van der Waals surface area contributed by atoms with E-state index in [1.807, 2.05) is 83.8 Å². The van der Waals surface area contributed by atoms with Gasteiger partial charge < -0.3 is 14.5 Å². The van der Waals surface area contributed by atoms with Crippen LogP contribution in [-0.4, -0.2) is 67.9 Å². The lowest BCUT2D eigenvalue weighted by molar-refractivity contribution is -0.141. The van der Waals surface area contributed by atoms with E-state index in [1.54, 1.807) is 7.11 Å². The van der Waals surface area contributed by atoms with Crippen molar-refractivity contribution >= 4 is 23.4 Å². The smallest absolute Gasteiger partial charge is 0.240 e. The summed E-state index contributed by atoms with van der Waals surface area (Å²) in [6.45, 7) is 2.48. The first-order valence-electron chi connectivity index (χ1n) is 12.5. The normalized spacial score (nSPS) is 19.9. The Morgan fingerprint density at radius 3 is 2.16 bits per heavy atom. The molecule has 0 saturated carbocycles. The predicted molar refractivity (Wildman–Crippen MR) is 142 cm³/mol. The largest absolute Gasteiger partial charge is 0.497 e. The number of imide groups is 1. The third-order valence-corrected chi connectivity index (χ3v) is 7.59. The molecule has 7 heteroatoms. The van der Waals surface area contributed by atoms with Crippen LogP contribution in [0.4, 0.5) is 5.69 Å². The summed E-state index contributed by atoms with van der Waals surface area (Å²) in [6, 6.07) is 25.6. The van der Waals surface area contributed by atoms with Crippen molar-refractivity contribution in [3.05, 3.63) is 84.4 Å². The van der Waals surface area contributed by atoms with E-state index >= 15 is 0 Å². The lowest BCUT2D eigenvalue weighted by atomic mass is 9.75. The van der Waals surface area contributed by atoms with Gasteiger partial charge in [0.25, 0.3) is 0 Å². The zero-order valence-electron chi connectivity index (χ0n) is 21.2. The van der Waals surface area contributed by atoms with Gasteiger partial charge in [-0.1, -0.05) is 60.7 Å². The predicted octanol–water partition coefficient (Wildman–Crippen LogP) is 3.73. The molecule has 0 unspecified atom stereocenters. The molecular formula is C30H31N3O4. The summed E-state index contributed by atoms with van der Waals surface area (Å²) in [5, 5.41) is 0. The van der Waals surface area contributed by atoms with Crippen LogP contribution in [0.5, 0.6) is 5.75 Å². The van der Waals surface area contributed by atoms with Crippen molar-refractivity contribution in [1.29, 1.82) is 0 Å². The third kappa shape index (κ3) is 4.69. The average molecular weight is 498 g/mol. The van der Waals surface area contributed by atoms with Crippen LogP contribution in [-0.2, 0) is 19.8 Å². The quantitative estimate of drug-likeness (QED) is 0.486. The molecule has 2 aliphatic rings. The Balaban J connectivity index is 1.34. The summed E-state index contributed by atoms with van der Waals surface area (Å²) in [5.41, 5.74) is 2.67. The molecule has 2 saturated heterocycles. The standard InChI is InChI=1S/C30H31N3O4/c1-31-27(34)20-30(29(31)36,24-13-11-23(12-14-24)22-7-4-3-5-8-22)21-28(35)33-17-15-32(16-18-33)25-9-6-10-26(19-25)37-2/h3-14,19H,15-18,20-21H2,1-2H3/t30-/m1/s1. The van der Waals surface area contributed by atoms with Crippen LogP contribution in [0.3, 0.4) is 0 Å². The van der Waals surface area contributed by atoms with Gasteiger partial charge in [-0.15, -0.1) is 0 Å². The van der Waals surface area contributed by atoms with Gasteiger partial charge in [-0.3, -0.25) is 19.3 Å². The van der Waals surface area contributed by atoms with Gasteiger partial charge in [-0.05, 0) is 28.8 Å². The molecule has 3 aromatic carbocycles. The van der Waals surface area contributed by atoms with E-state index < -0.39 is 5.41 Å². The number of likely N-dealkylation sites (N-methyl/N-ethyl adjacent to an activating group) is 1. The zero-order chi connectivity index (χ0) is 26.0. The highest BCUT2D eigenvalue weighted by atomic mass is 16.5.